The summed E-state index contributed by atoms with van der Waals surface area (Å²) in [5.41, 5.74) is 1.16. The molecule has 0 bridgehead atoms. The van der Waals surface area contributed by atoms with Crippen molar-refractivity contribution in [3.8, 4) is 5.75 Å². The second kappa shape index (κ2) is 7.34. The number of aliphatic carboxylic acids is 1. The fraction of sp³-hybridized carbons (Fsp3) is 0.316. The fourth-order valence-electron chi connectivity index (χ4n) is 2.53. The molecular formula is C19H21NO5. The highest BCUT2D eigenvalue weighted by Gasteiger charge is 2.25. The van der Waals surface area contributed by atoms with Crippen molar-refractivity contribution >= 4 is 11.7 Å². The van der Waals surface area contributed by atoms with Gasteiger partial charge in [0, 0.05) is 18.6 Å². The second-order valence-corrected chi connectivity index (χ2v) is 6.82. The average molecular weight is 343 g/mol. The van der Waals surface area contributed by atoms with Crippen molar-refractivity contribution in [2.75, 3.05) is 0 Å². The van der Waals surface area contributed by atoms with Crippen LogP contribution in [0.4, 0.5) is 5.69 Å². The molecule has 0 fully saturated rings. The summed E-state index contributed by atoms with van der Waals surface area (Å²) in [6, 6.07) is 13.2. The molecule has 132 valence electrons. The fourth-order valence-corrected chi connectivity index (χ4v) is 2.53. The van der Waals surface area contributed by atoms with Crippen molar-refractivity contribution in [1.29, 1.82) is 0 Å². The maximum absolute atomic E-state index is 11.6. The SMILES string of the molecule is CC(C)(C)c1ccccc1O[C@@H](Cc1cccc([N+](=O)[O-])c1)C(=O)O. The number of carbonyl (C=O) groups is 1. The molecule has 0 aliphatic carbocycles. The highest BCUT2D eigenvalue weighted by Crippen LogP contribution is 2.32. The molecule has 2 rings (SSSR count). The van der Waals surface area contributed by atoms with Crippen LogP contribution in [-0.4, -0.2) is 22.1 Å². The van der Waals surface area contributed by atoms with E-state index in [9.17, 15) is 20.0 Å². The molecule has 1 atom stereocenters. The molecular weight excluding hydrogens is 322 g/mol. The van der Waals surface area contributed by atoms with E-state index in [-0.39, 0.29) is 17.5 Å². The van der Waals surface area contributed by atoms with E-state index < -0.39 is 17.0 Å². The van der Waals surface area contributed by atoms with Gasteiger partial charge in [0.2, 0.25) is 0 Å². The first-order valence-corrected chi connectivity index (χ1v) is 7.91. The summed E-state index contributed by atoms with van der Waals surface area (Å²) in [5, 5.41) is 20.4. The highest BCUT2D eigenvalue weighted by atomic mass is 16.6. The normalized spacial score (nSPS) is 12.4. The van der Waals surface area contributed by atoms with E-state index in [4.69, 9.17) is 4.74 Å². The number of ether oxygens (including phenoxy) is 1. The minimum absolute atomic E-state index is 0.0372. The quantitative estimate of drug-likeness (QED) is 0.633. The molecule has 25 heavy (non-hydrogen) atoms. The van der Waals surface area contributed by atoms with E-state index in [2.05, 4.69) is 0 Å². The maximum Gasteiger partial charge on any atom is 0.345 e. The molecule has 0 heterocycles. The molecule has 2 aromatic carbocycles. The Kier molecular flexibility index (Phi) is 5.41. The first-order chi connectivity index (χ1) is 11.7. The number of hydrogen-bond donors (Lipinski definition) is 1. The zero-order valence-electron chi connectivity index (χ0n) is 14.4. The van der Waals surface area contributed by atoms with Crippen LogP contribution in [0.5, 0.6) is 5.75 Å². The summed E-state index contributed by atoms with van der Waals surface area (Å²) in [6.07, 6.45) is -1.10. The standard InChI is InChI=1S/C19H21NO5/c1-19(2,3)15-9-4-5-10-16(15)25-17(18(21)22)12-13-7-6-8-14(11-13)20(23)24/h4-11,17H,12H2,1-3H3,(H,21,22)/t17-/m0/s1. The third-order valence-electron chi connectivity index (χ3n) is 3.78. The minimum atomic E-state index is -1.13. The van der Waals surface area contributed by atoms with Crippen LogP contribution < -0.4 is 4.74 Å². The van der Waals surface area contributed by atoms with Crippen LogP contribution in [0.15, 0.2) is 48.5 Å². The lowest BCUT2D eigenvalue weighted by Gasteiger charge is -2.24. The monoisotopic (exact) mass is 343 g/mol. The van der Waals surface area contributed by atoms with Crippen molar-refractivity contribution in [3.05, 3.63) is 69.8 Å². The Morgan fingerprint density at radius 1 is 1.20 bits per heavy atom. The van der Waals surface area contributed by atoms with Gasteiger partial charge >= 0.3 is 5.97 Å². The highest BCUT2D eigenvalue weighted by molar-refractivity contribution is 5.73. The number of rotatable bonds is 6. The zero-order chi connectivity index (χ0) is 18.6. The van der Waals surface area contributed by atoms with E-state index in [1.54, 1.807) is 18.2 Å². The van der Waals surface area contributed by atoms with Gasteiger partial charge in [-0.3, -0.25) is 10.1 Å². The molecule has 0 radical (unpaired) electrons. The van der Waals surface area contributed by atoms with Gasteiger partial charge in [0.1, 0.15) is 5.75 Å². The number of nitro benzene ring substituents is 1. The lowest BCUT2D eigenvalue weighted by Crippen LogP contribution is -2.30. The maximum atomic E-state index is 11.6. The van der Waals surface area contributed by atoms with Gasteiger partial charge < -0.3 is 9.84 Å². The summed E-state index contributed by atoms with van der Waals surface area (Å²) >= 11 is 0. The van der Waals surface area contributed by atoms with Gasteiger partial charge in [-0.15, -0.1) is 0 Å². The number of nitro groups is 1. The topological polar surface area (TPSA) is 89.7 Å². The minimum Gasteiger partial charge on any atom is -0.478 e. The molecule has 2 aromatic rings. The molecule has 0 spiro atoms. The number of carboxylic acids is 1. The summed E-state index contributed by atoms with van der Waals surface area (Å²) in [7, 11) is 0. The van der Waals surface area contributed by atoms with Crippen LogP contribution in [0, 0.1) is 10.1 Å². The lowest BCUT2D eigenvalue weighted by atomic mass is 9.86. The van der Waals surface area contributed by atoms with Gasteiger partial charge in [0.15, 0.2) is 6.10 Å². The van der Waals surface area contributed by atoms with Crippen LogP contribution in [0.25, 0.3) is 0 Å². The molecule has 0 aliphatic rings. The summed E-state index contributed by atoms with van der Waals surface area (Å²) < 4.78 is 5.77. The van der Waals surface area contributed by atoms with E-state index >= 15 is 0 Å². The van der Waals surface area contributed by atoms with Gasteiger partial charge in [0.05, 0.1) is 4.92 Å². The molecule has 0 saturated carbocycles. The van der Waals surface area contributed by atoms with Crippen LogP contribution in [0.1, 0.15) is 31.9 Å². The Labute approximate surface area is 146 Å². The van der Waals surface area contributed by atoms with Crippen molar-refractivity contribution in [2.24, 2.45) is 0 Å². The van der Waals surface area contributed by atoms with Gasteiger partial charge in [-0.1, -0.05) is 51.1 Å². The number of hydrogen-bond acceptors (Lipinski definition) is 4. The zero-order valence-corrected chi connectivity index (χ0v) is 14.4. The van der Waals surface area contributed by atoms with Crippen molar-refractivity contribution in [3.63, 3.8) is 0 Å². The number of benzene rings is 2. The predicted octanol–water partition coefficient (Wildman–Crippen LogP) is 3.97. The molecule has 1 N–H and O–H groups in total. The third-order valence-corrected chi connectivity index (χ3v) is 3.78. The summed E-state index contributed by atoms with van der Waals surface area (Å²) in [5.74, 6) is -0.608. The van der Waals surface area contributed by atoms with Crippen molar-refractivity contribution < 1.29 is 19.6 Å². The molecule has 0 aromatic heterocycles. The Bertz CT molecular complexity index is 779. The largest absolute Gasteiger partial charge is 0.478 e. The van der Waals surface area contributed by atoms with E-state index in [0.29, 0.717) is 11.3 Å². The first kappa shape index (κ1) is 18.4. The van der Waals surface area contributed by atoms with Gasteiger partial charge in [0.25, 0.3) is 5.69 Å². The first-order valence-electron chi connectivity index (χ1n) is 7.91. The molecule has 0 amide bonds. The number of para-hydroxylation sites is 1. The van der Waals surface area contributed by atoms with E-state index in [1.165, 1.54) is 18.2 Å². The van der Waals surface area contributed by atoms with E-state index in [1.807, 2.05) is 32.9 Å². The second-order valence-electron chi connectivity index (χ2n) is 6.82. The molecule has 0 unspecified atom stereocenters. The van der Waals surface area contributed by atoms with E-state index in [0.717, 1.165) is 5.56 Å². The van der Waals surface area contributed by atoms with Gasteiger partial charge in [-0.2, -0.15) is 0 Å². The predicted molar refractivity (Wildman–Crippen MR) is 94.0 cm³/mol. The number of carboxylic acid groups (broad SMARTS) is 1. The van der Waals surface area contributed by atoms with Crippen LogP contribution in [0.3, 0.4) is 0 Å². The third kappa shape index (κ3) is 4.79. The lowest BCUT2D eigenvalue weighted by molar-refractivity contribution is -0.384. The summed E-state index contributed by atoms with van der Waals surface area (Å²) in [4.78, 5) is 22.0. The number of non-ortho nitro benzene ring substituents is 1. The molecule has 6 nitrogen and oxygen atoms in total. The van der Waals surface area contributed by atoms with Crippen molar-refractivity contribution in [2.45, 2.75) is 38.7 Å². The molecule has 0 saturated heterocycles. The van der Waals surface area contributed by atoms with Crippen molar-refractivity contribution in [1.82, 2.24) is 0 Å². The average Bonchev–Trinajstić information content (AvgIpc) is 2.54. The van der Waals surface area contributed by atoms with Crippen LogP contribution in [0.2, 0.25) is 0 Å². The Morgan fingerprint density at radius 3 is 2.48 bits per heavy atom. The molecule has 6 heteroatoms. The Hall–Kier alpha value is -2.89. The van der Waals surface area contributed by atoms with Gasteiger partial charge in [-0.05, 0) is 22.6 Å². The number of nitrogens with zero attached hydrogens (tertiary/aromatic N) is 1. The Balaban J connectivity index is 2.28. The van der Waals surface area contributed by atoms with Gasteiger partial charge in [-0.25, -0.2) is 4.79 Å². The van der Waals surface area contributed by atoms with Crippen LogP contribution >= 0.6 is 0 Å². The van der Waals surface area contributed by atoms with Crippen LogP contribution in [-0.2, 0) is 16.6 Å². The molecule has 0 aliphatic heterocycles. The summed E-state index contributed by atoms with van der Waals surface area (Å²) in [6.45, 7) is 6.06. The Morgan fingerprint density at radius 2 is 1.88 bits per heavy atom. The smallest absolute Gasteiger partial charge is 0.345 e.